The van der Waals surface area contributed by atoms with Crippen LogP contribution in [0.4, 0.5) is 11.4 Å². The molecule has 1 fully saturated rings. The number of carboxylic acid groups (broad SMARTS) is 1. The van der Waals surface area contributed by atoms with E-state index in [1.54, 1.807) is 36.4 Å². The van der Waals surface area contributed by atoms with Gasteiger partial charge in [-0.25, -0.2) is 13.2 Å². The van der Waals surface area contributed by atoms with E-state index in [4.69, 9.17) is 9.84 Å². The van der Waals surface area contributed by atoms with Crippen molar-refractivity contribution in [3.05, 3.63) is 105 Å². The van der Waals surface area contributed by atoms with E-state index in [1.165, 1.54) is 47.5 Å². The molecule has 3 aromatic carbocycles. The highest BCUT2D eigenvalue weighted by Crippen LogP contribution is 2.34. The molecule has 0 aliphatic carbocycles. The molecule has 0 saturated carbocycles. The smallest absolute Gasteiger partial charge is 0.335 e. The maximum Gasteiger partial charge on any atom is 0.335 e. The third-order valence-electron chi connectivity index (χ3n) is 5.23. The molecule has 35 heavy (non-hydrogen) atoms. The van der Waals surface area contributed by atoms with Crippen molar-refractivity contribution < 1.29 is 28.0 Å². The van der Waals surface area contributed by atoms with Crippen molar-refractivity contribution in [3.63, 3.8) is 0 Å². The molecule has 0 bridgehead atoms. The van der Waals surface area contributed by atoms with E-state index in [0.29, 0.717) is 17.0 Å². The number of hydrogen-bond donors (Lipinski definition) is 2. The highest BCUT2D eigenvalue weighted by molar-refractivity contribution is 8.02. The minimum atomic E-state index is -3.88. The van der Waals surface area contributed by atoms with Gasteiger partial charge in [0.05, 0.1) is 27.6 Å². The van der Waals surface area contributed by atoms with Crippen molar-refractivity contribution in [2.24, 2.45) is 0 Å². The SMILES string of the molecule is O=C(O)c1ccc(COc2ccc(/C=C3/CN(c4ccc([N+](=O)[O-])cc4)N(S)S3(=O)=O)cc2)cc1. The maximum absolute atomic E-state index is 12.8. The predicted octanol–water partition coefficient (Wildman–Crippen LogP) is 4.12. The number of rotatable bonds is 7. The summed E-state index contributed by atoms with van der Waals surface area (Å²) in [6.45, 7) is 0.252. The lowest BCUT2D eigenvalue weighted by Crippen LogP contribution is -2.31. The number of nitro benzene ring substituents is 1. The van der Waals surface area contributed by atoms with Crippen LogP contribution in [0.15, 0.2) is 77.7 Å². The van der Waals surface area contributed by atoms with Crippen LogP contribution in [0.1, 0.15) is 21.5 Å². The van der Waals surface area contributed by atoms with Gasteiger partial charge in [-0.2, -0.15) is 0 Å². The Morgan fingerprint density at radius 2 is 1.69 bits per heavy atom. The first-order valence-electron chi connectivity index (χ1n) is 10.2. The standard InChI is InChI=1S/C23H19N3O7S2/c27-23(28)18-5-1-17(2-6-18)15-33-21-11-3-16(4-12-21)13-22-14-24(26(34)35(22,31)32)19-7-9-20(10-8-19)25(29)30/h1-13,34H,14-15H2,(H,27,28)/b22-13-. The van der Waals surface area contributed by atoms with Crippen LogP contribution in [0.2, 0.25) is 0 Å². The summed E-state index contributed by atoms with van der Waals surface area (Å²) >= 11 is 4.11. The van der Waals surface area contributed by atoms with Crippen LogP contribution < -0.4 is 9.75 Å². The number of thiol groups is 1. The summed E-state index contributed by atoms with van der Waals surface area (Å²) in [5, 5.41) is 21.2. The number of hydrazine groups is 1. The first kappa shape index (κ1) is 24.3. The fourth-order valence-corrected chi connectivity index (χ4v) is 5.01. The summed E-state index contributed by atoms with van der Waals surface area (Å²) in [6.07, 6.45) is 1.53. The van der Waals surface area contributed by atoms with Gasteiger partial charge < -0.3 is 9.84 Å². The summed E-state index contributed by atoms with van der Waals surface area (Å²) in [5.74, 6) is -0.435. The van der Waals surface area contributed by atoms with Crippen LogP contribution in [-0.2, 0) is 16.6 Å². The molecule has 4 rings (SSSR count). The normalized spacial score (nSPS) is 16.4. The van der Waals surface area contributed by atoms with E-state index < -0.39 is 20.9 Å². The van der Waals surface area contributed by atoms with E-state index in [2.05, 4.69) is 12.8 Å². The highest BCUT2D eigenvalue weighted by atomic mass is 32.3. The Kier molecular flexibility index (Phi) is 6.78. The zero-order valence-electron chi connectivity index (χ0n) is 18.0. The van der Waals surface area contributed by atoms with Crippen LogP contribution in [0.25, 0.3) is 6.08 Å². The molecule has 0 spiro atoms. The Morgan fingerprint density at radius 1 is 1.06 bits per heavy atom. The number of non-ortho nitro benzene ring substituents is 1. The Hall–Kier alpha value is -3.87. The van der Waals surface area contributed by atoms with Gasteiger partial charge in [0.2, 0.25) is 0 Å². The molecule has 1 aliphatic rings. The molecule has 10 nitrogen and oxygen atoms in total. The molecular weight excluding hydrogens is 494 g/mol. The van der Waals surface area contributed by atoms with Crippen LogP contribution in [-0.4, -0.2) is 34.8 Å². The van der Waals surface area contributed by atoms with Crippen LogP contribution in [0, 0.1) is 10.1 Å². The molecule has 0 atom stereocenters. The zero-order chi connectivity index (χ0) is 25.2. The Bertz CT molecular complexity index is 1390. The average Bonchev–Trinajstić information content (AvgIpc) is 3.07. The number of benzene rings is 3. The minimum Gasteiger partial charge on any atom is -0.489 e. The lowest BCUT2D eigenvalue weighted by atomic mass is 10.1. The second-order valence-electron chi connectivity index (χ2n) is 7.53. The Morgan fingerprint density at radius 3 is 2.26 bits per heavy atom. The summed E-state index contributed by atoms with van der Waals surface area (Å²) in [6, 6.07) is 18.7. The van der Waals surface area contributed by atoms with Crippen molar-refractivity contribution >= 4 is 46.3 Å². The van der Waals surface area contributed by atoms with Crippen molar-refractivity contribution in [2.75, 3.05) is 11.6 Å². The topological polar surface area (TPSA) is 130 Å². The molecule has 1 saturated heterocycles. The van der Waals surface area contributed by atoms with E-state index in [1.807, 2.05) is 0 Å². The number of carboxylic acids is 1. The molecule has 0 aromatic heterocycles. The van der Waals surface area contributed by atoms with E-state index in [-0.39, 0.29) is 29.3 Å². The fourth-order valence-electron chi connectivity index (χ4n) is 3.34. The van der Waals surface area contributed by atoms with Crippen molar-refractivity contribution in [2.45, 2.75) is 6.61 Å². The molecule has 3 aromatic rings. The van der Waals surface area contributed by atoms with Gasteiger partial charge in [0, 0.05) is 12.1 Å². The molecule has 1 N–H and O–H groups in total. The Labute approximate surface area is 206 Å². The van der Waals surface area contributed by atoms with Gasteiger partial charge in [0.25, 0.3) is 15.7 Å². The van der Waals surface area contributed by atoms with Crippen LogP contribution >= 0.6 is 12.8 Å². The molecule has 12 heteroatoms. The summed E-state index contributed by atoms with van der Waals surface area (Å²) in [4.78, 5) is 21.4. The molecule has 180 valence electrons. The predicted molar refractivity (Wildman–Crippen MR) is 132 cm³/mol. The number of hydrogen-bond acceptors (Lipinski definition) is 8. The van der Waals surface area contributed by atoms with Gasteiger partial charge in [-0.1, -0.05) is 40.9 Å². The maximum atomic E-state index is 12.8. The third-order valence-corrected chi connectivity index (χ3v) is 7.63. The van der Waals surface area contributed by atoms with Gasteiger partial charge >= 0.3 is 5.97 Å². The number of ether oxygens (including phenoxy) is 1. The Balaban J connectivity index is 1.45. The first-order valence-corrected chi connectivity index (χ1v) is 12.0. The quantitative estimate of drug-likeness (QED) is 0.274. The highest BCUT2D eigenvalue weighted by Gasteiger charge is 2.39. The average molecular weight is 514 g/mol. The van der Waals surface area contributed by atoms with Crippen molar-refractivity contribution in [3.8, 4) is 5.75 Å². The van der Waals surface area contributed by atoms with Gasteiger partial charge in [0.15, 0.2) is 0 Å². The second-order valence-corrected chi connectivity index (χ2v) is 10.00. The van der Waals surface area contributed by atoms with E-state index in [0.717, 1.165) is 9.38 Å². The lowest BCUT2D eigenvalue weighted by molar-refractivity contribution is -0.384. The monoisotopic (exact) mass is 513 g/mol. The number of anilines is 1. The fraction of sp³-hybridized carbons (Fsp3) is 0.0870. The van der Waals surface area contributed by atoms with Crippen LogP contribution in [0.5, 0.6) is 5.75 Å². The number of sulfonamides is 1. The summed E-state index contributed by atoms with van der Waals surface area (Å²) in [7, 11) is -3.88. The number of aromatic carboxylic acids is 1. The molecule has 1 aliphatic heterocycles. The third kappa shape index (κ3) is 5.29. The minimum absolute atomic E-state index is 0.00817. The molecule has 0 amide bonds. The first-order chi connectivity index (χ1) is 16.6. The summed E-state index contributed by atoms with van der Waals surface area (Å²) in [5.41, 5.74) is 1.97. The van der Waals surface area contributed by atoms with Gasteiger partial charge in [-0.3, -0.25) is 15.1 Å². The van der Waals surface area contributed by atoms with Crippen molar-refractivity contribution in [1.82, 2.24) is 3.82 Å². The molecular formula is C23H19N3O7S2. The van der Waals surface area contributed by atoms with Gasteiger partial charge in [0.1, 0.15) is 12.4 Å². The lowest BCUT2D eigenvalue weighted by Gasteiger charge is -2.21. The largest absolute Gasteiger partial charge is 0.489 e. The summed E-state index contributed by atoms with van der Waals surface area (Å²) < 4.78 is 32.2. The van der Waals surface area contributed by atoms with Gasteiger partial charge in [-0.15, -0.1) is 0 Å². The molecule has 0 unspecified atom stereocenters. The van der Waals surface area contributed by atoms with E-state index in [9.17, 15) is 23.3 Å². The van der Waals surface area contributed by atoms with E-state index >= 15 is 0 Å². The zero-order valence-corrected chi connectivity index (χ0v) is 19.7. The number of nitro groups is 1. The van der Waals surface area contributed by atoms with Crippen molar-refractivity contribution in [1.29, 1.82) is 0 Å². The number of carbonyl (C=O) groups is 1. The van der Waals surface area contributed by atoms with Crippen LogP contribution in [0.3, 0.4) is 0 Å². The number of nitrogens with zero attached hydrogens (tertiary/aromatic N) is 3. The molecule has 0 radical (unpaired) electrons. The second kappa shape index (κ2) is 9.78. The molecule has 1 heterocycles. The van der Waals surface area contributed by atoms with Gasteiger partial charge in [-0.05, 0) is 53.6 Å².